The molecule has 0 radical (unpaired) electrons. The van der Waals surface area contributed by atoms with Crippen molar-refractivity contribution in [3.8, 4) is 11.4 Å². The van der Waals surface area contributed by atoms with Gasteiger partial charge in [0.2, 0.25) is 0 Å². The zero-order valence-corrected chi connectivity index (χ0v) is 15.3. The Morgan fingerprint density at radius 1 is 0.929 bits per heavy atom. The highest BCUT2D eigenvalue weighted by Gasteiger charge is 2.34. The molecule has 0 unspecified atom stereocenters. The van der Waals surface area contributed by atoms with Gasteiger partial charge < -0.3 is 9.30 Å². The van der Waals surface area contributed by atoms with Gasteiger partial charge in [0, 0.05) is 17.6 Å². The molecular formula is C22H19N3O3. The molecule has 6 heteroatoms. The van der Waals surface area contributed by atoms with Crippen LogP contribution < -0.4 is 15.2 Å². The highest BCUT2D eigenvalue weighted by atomic mass is 16.5. The molecular weight excluding hydrogens is 354 g/mol. The highest BCUT2D eigenvalue weighted by Crippen LogP contribution is 2.23. The lowest BCUT2D eigenvalue weighted by Crippen LogP contribution is -2.35. The molecule has 28 heavy (non-hydrogen) atoms. The predicted molar refractivity (Wildman–Crippen MR) is 107 cm³/mol. The van der Waals surface area contributed by atoms with E-state index in [1.54, 1.807) is 18.2 Å². The Kier molecular flexibility index (Phi) is 4.68. The molecule has 6 nitrogen and oxygen atoms in total. The fraction of sp³-hybridized carbons (Fsp3) is 0.0909. The molecule has 0 atom stereocenters. The lowest BCUT2D eigenvalue weighted by atomic mass is 10.2. The molecule has 1 saturated heterocycles. The maximum Gasteiger partial charge on any atom is 0.282 e. The molecule has 1 aromatic heterocycles. The molecule has 1 fully saturated rings. The van der Waals surface area contributed by atoms with Crippen molar-refractivity contribution < 1.29 is 14.3 Å². The van der Waals surface area contributed by atoms with E-state index in [1.807, 2.05) is 72.3 Å². The number of aromatic nitrogens is 1. The Balaban J connectivity index is 1.64. The molecule has 1 N–H and O–H groups in total. The zero-order chi connectivity index (χ0) is 19.5. The van der Waals surface area contributed by atoms with Gasteiger partial charge >= 0.3 is 0 Å². The van der Waals surface area contributed by atoms with Gasteiger partial charge in [-0.05, 0) is 61.5 Å². The second-order valence-electron chi connectivity index (χ2n) is 6.21. The summed E-state index contributed by atoms with van der Waals surface area (Å²) in [6, 6.07) is 20.4. The summed E-state index contributed by atoms with van der Waals surface area (Å²) in [5.74, 6) is -0.00824. The lowest BCUT2D eigenvalue weighted by molar-refractivity contribution is -0.117. The van der Waals surface area contributed by atoms with Crippen LogP contribution in [-0.2, 0) is 9.59 Å². The number of anilines is 1. The molecule has 2 aromatic carbocycles. The number of hydrogen-bond donors (Lipinski definition) is 1. The number of hydrazine groups is 1. The molecule has 0 aliphatic carbocycles. The van der Waals surface area contributed by atoms with E-state index in [1.165, 1.54) is 5.01 Å². The van der Waals surface area contributed by atoms with Gasteiger partial charge in [-0.3, -0.25) is 15.0 Å². The van der Waals surface area contributed by atoms with Gasteiger partial charge in [-0.15, -0.1) is 0 Å². The summed E-state index contributed by atoms with van der Waals surface area (Å²) in [6.07, 6.45) is 3.49. The maximum absolute atomic E-state index is 12.8. The van der Waals surface area contributed by atoms with Crippen molar-refractivity contribution in [2.45, 2.75) is 6.92 Å². The maximum atomic E-state index is 12.8. The zero-order valence-electron chi connectivity index (χ0n) is 15.3. The van der Waals surface area contributed by atoms with E-state index in [9.17, 15) is 9.59 Å². The van der Waals surface area contributed by atoms with Gasteiger partial charge in [0.25, 0.3) is 11.8 Å². The molecule has 4 rings (SSSR count). The Morgan fingerprint density at radius 2 is 1.68 bits per heavy atom. The van der Waals surface area contributed by atoms with E-state index in [0.29, 0.717) is 12.3 Å². The van der Waals surface area contributed by atoms with Crippen LogP contribution in [0.5, 0.6) is 5.75 Å². The van der Waals surface area contributed by atoms with Gasteiger partial charge in [0.05, 0.1) is 12.3 Å². The molecule has 2 amide bonds. The monoisotopic (exact) mass is 373 g/mol. The van der Waals surface area contributed by atoms with Crippen molar-refractivity contribution in [1.29, 1.82) is 0 Å². The fourth-order valence-corrected chi connectivity index (χ4v) is 3.08. The number of hydrogen-bond acceptors (Lipinski definition) is 3. The summed E-state index contributed by atoms with van der Waals surface area (Å²) in [5.41, 5.74) is 4.97. The highest BCUT2D eigenvalue weighted by molar-refractivity contribution is 6.31. The van der Waals surface area contributed by atoms with Crippen LogP contribution in [0.2, 0.25) is 0 Å². The number of carbonyl (C=O) groups is 2. The Morgan fingerprint density at radius 3 is 2.39 bits per heavy atom. The summed E-state index contributed by atoms with van der Waals surface area (Å²) in [4.78, 5) is 25.1. The van der Waals surface area contributed by atoms with Crippen LogP contribution in [0.3, 0.4) is 0 Å². The van der Waals surface area contributed by atoms with Crippen molar-refractivity contribution in [3.05, 3.63) is 84.2 Å². The first-order chi connectivity index (χ1) is 13.7. The molecule has 0 saturated carbocycles. The van der Waals surface area contributed by atoms with Crippen molar-refractivity contribution in [1.82, 2.24) is 9.99 Å². The largest absolute Gasteiger partial charge is 0.494 e. The van der Waals surface area contributed by atoms with Gasteiger partial charge in [0.1, 0.15) is 11.3 Å². The number of nitrogens with one attached hydrogen (secondary N) is 1. The molecule has 1 aliphatic rings. The standard InChI is InChI=1S/C22H19N3O3/c1-2-28-19-12-10-16(11-13-19)24-14-6-9-18(24)15-20-21(26)23-25(22(20)27)17-7-4-3-5-8-17/h3-15H,2H2,1H3,(H,23,26)/b20-15-. The van der Waals surface area contributed by atoms with Crippen molar-refractivity contribution in [3.63, 3.8) is 0 Å². The van der Waals surface area contributed by atoms with Crippen molar-refractivity contribution in [2.24, 2.45) is 0 Å². The number of nitrogens with zero attached hydrogens (tertiary/aromatic N) is 2. The Hall–Kier alpha value is -3.80. The average Bonchev–Trinajstić information content (AvgIpc) is 3.29. The van der Waals surface area contributed by atoms with Crippen LogP contribution in [0, 0.1) is 0 Å². The quantitative estimate of drug-likeness (QED) is 0.551. The van der Waals surface area contributed by atoms with E-state index in [2.05, 4.69) is 5.43 Å². The first-order valence-corrected chi connectivity index (χ1v) is 9.00. The number of amides is 2. The molecule has 1 aliphatic heterocycles. The van der Waals surface area contributed by atoms with Crippen molar-refractivity contribution in [2.75, 3.05) is 11.6 Å². The lowest BCUT2D eigenvalue weighted by Gasteiger charge is -2.13. The van der Waals surface area contributed by atoms with Crippen molar-refractivity contribution >= 4 is 23.6 Å². The normalized spacial score (nSPS) is 15.2. The summed E-state index contributed by atoms with van der Waals surface area (Å²) < 4.78 is 7.38. The third kappa shape index (κ3) is 3.27. The first-order valence-electron chi connectivity index (χ1n) is 9.00. The van der Waals surface area contributed by atoms with Crippen LogP contribution in [0.25, 0.3) is 11.8 Å². The van der Waals surface area contributed by atoms with Crippen LogP contribution in [0.15, 0.2) is 78.5 Å². The fourth-order valence-electron chi connectivity index (χ4n) is 3.08. The summed E-state index contributed by atoms with van der Waals surface area (Å²) in [5, 5.41) is 1.26. The minimum absolute atomic E-state index is 0.0924. The summed E-state index contributed by atoms with van der Waals surface area (Å²) in [7, 11) is 0. The second kappa shape index (κ2) is 7.44. The van der Waals surface area contributed by atoms with Crippen LogP contribution in [0.1, 0.15) is 12.6 Å². The second-order valence-corrected chi connectivity index (χ2v) is 6.21. The average molecular weight is 373 g/mol. The Bertz CT molecular complexity index is 1040. The molecule has 140 valence electrons. The number of carbonyl (C=O) groups excluding carboxylic acids is 2. The Labute approximate surface area is 162 Å². The molecule has 0 spiro atoms. The SMILES string of the molecule is CCOc1ccc(-n2cccc2/C=C2/C(=O)NN(c3ccccc3)C2=O)cc1. The van der Waals surface area contributed by atoms with Crippen LogP contribution >= 0.6 is 0 Å². The van der Waals surface area contributed by atoms with E-state index >= 15 is 0 Å². The van der Waals surface area contributed by atoms with Gasteiger partial charge in [0.15, 0.2) is 0 Å². The predicted octanol–water partition coefficient (Wildman–Crippen LogP) is 3.34. The first kappa shape index (κ1) is 17.6. The van der Waals surface area contributed by atoms with E-state index < -0.39 is 5.91 Å². The number of rotatable bonds is 5. The van der Waals surface area contributed by atoms with E-state index in [-0.39, 0.29) is 11.5 Å². The minimum Gasteiger partial charge on any atom is -0.494 e. The van der Waals surface area contributed by atoms with Gasteiger partial charge in [-0.25, -0.2) is 5.01 Å². The molecule has 2 heterocycles. The molecule has 0 bridgehead atoms. The van der Waals surface area contributed by atoms with Gasteiger partial charge in [-0.2, -0.15) is 0 Å². The van der Waals surface area contributed by atoms with E-state index in [4.69, 9.17) is 4.74 Å². The number of para-hydroxylation sites is 1. The third-order valence-corrected chi connectivity index (χ3v) is 4.40. The topological polar surface area (TPSA) is 63.6 Å². The summed E-state index contributed by atoms with van der Waals surface area (Å²) >= 11 is 0. The summed E-state index contributed by atoms with van der Waals surface area (Å²) in [6.45, 7) is 2.54. The van der Waals surface area contributed by atoms with Crippen LogP contribution in [0.4, 0.5) is 5.69 Å². The van der Waals surface area contributed by atoms with Gasteiger partial charge in [-0.1, -0.05) is 18.2 Å². The number of ether oxygens (including phenoxy) is 1. The van der Waals surface area contributed by atoms with Crippen LogP contribution in [-0.4, -0.2) is 23.0 Å². The van der Waals surface area contributed by atoms with E-state index in [0.717, 1.165) is 17.1 Å². The smallest absolute Gasteiger partial charge is 0.282 e. The number of benzene rings is 2. The minimum atomic E-state index is -0.423. The molecule has 3 aromatic rings. The third-order valence-electron chi connectivity index (χ3n) is 4.40.